The standard InChI is InChI=1S/C21H23N3O5/c1-2-28-21(27)17-18(26)16(10-12-11-23-19-15(12)4-3-9-22-19)29-20(17)24-13-5-7-14(25)8-6-13/h3-4,9-11,13-14,24-25H,2,5-8H2,1H3,(H,22,23)/b16-10-/t13-,14+. The van der Waals surface area contributed by atoms with E-state index in [1.165, 1.54) is 0 Å². The Morgan fingerprint density at radius 3 is 2.97 bits per heavy atom. The number of ketones is 1. The topological polar surface area (TPSA) is 114 Å². The zero-order valence-electron chi connectivity index (χ0n) is 16.1. The van der Waals surface area contributed by atoms with Gasteiger partial charge in [-0.3, -0.25) is 4.79 Å². The number of carbonyl (C=O) groups is 2. The molecule has 8 nitrogen and oxygen atoms in total. The maximum Gasteiger partial charge on any atom is 0.347 e. The van der Waals surface area contributed by atoms with Crippen molar-refractivity contribution in [2.45, 2.75) is 44.8 Å². The van der Waals surface area contributed by atoms with Crippen molar-refractivity contribution < 1.29 is 24.2 Å². The molecule has 152 valence electrons. The van der Waals surface area contributed by atoms with Gasteiger partial charge in [0, 0.05) is 29.4 Å². The molecule has 2 aliphatic rings. The van der Waals surface area contributed by atoms with Crippen LogP contribution in [0.5, 0.6) is 0 Å². The number of nitrogens with zero attached hydrogens (tertiary/aromatic N) is 1. The Hall–Kier alpha value is -3.13. The Balaban J connectivity index is 1.62. The molecule has 0 amide bonds. The summed E-state index contributed by atoms with van der Waals surface area (Å²) in [7, 11) is 0. The van der Waals surface area contributed by atoms with E-state index in [1.807, 2.05) is 12.1 Å². The summed E-state index contributed by atoms with van der Waals surface area (Å²) in [5.41, 5.74) is 1.31. The molecule has 2 aromatic rings. The predicted octanol–water partition coefficient (Wildman–Crippen LogP) is 2.17. The summed E-state index contributed by atoms with van der Waals surface area (Å²) in [4.78, 5) is 32.6. The predicted molar refractivity (Wildman–Crippen MR) is 105 cm³/mol. The summed E-state index contributed by atoms with van der Waals surface area (Å²) in [5.74, 6) is -1.05. The van der Waals surface area contributed by atoms with Crippen LogP contribution < -0.4 is 5.32 Å². The monoisotopic (exact) mass is 397 g/mol. The van der Waals surface area contributed by atoms with Crippen LogP contribution in [-0.2, 0) is 19.1 Å². The van der Waals surface area contributed by atoms with Gasteiger partial charge in [-0.1, -0.05) is 0 Å². The third-order valence-corrected chi connectivity index (χ3v) is 5.17. The molecule has 8 heteroatoms. The number of nitrogens with one attached hydrogen (secondary N) is 2. The van der Waals surface area contributed by atoms with E-state index in [2.05, 4.69) is 15.3 Å². The Morgan fingerprint density at radius 2 is 2.21 bits per heavy atom. The van der Waals surface area contributed by atoms with Crippen LogP contribution >= 0.6 is 0 Å². The smallest absolute Gasteiger partial charge is 0.347 e. The maximum absolute atomic E-state index is 12.9. The van der Waals surface area contributed by atoms with E-state index in [1.54, 1.807) is 25.4 Å². The number of hydrogen-bond acceptors (Lipinski definition) is 7. The molecule has 1 fully saturated rings. The van der Waals surface area contributed by atoms with Gasteiger partial charge in [-0.25, -0.2) is 9.78 Å². The van der Waals surface area contributed by atoms with Gasteiger partial charge in [0.2, 0.25) is 11.7 Å². The van der Waals surface area contributed by atoms with Crippen LogP contribution in [0, 0.1) is 0 Å². The number of H-pyrrole nitrogens is 1. The van der Waals surface area contributed by atoms with Crippen molar-refractivity contribution >= 4 is 28.9 Å². The van der Waals surface area contributed by atoms with Crippen molar-refractivity contribution in [2.75, 3.05) is 6.61 Å². The van der Waals surface area contributed by atoms with E-state index in [-0.39, 0.29) is 36.0 Å². The third-order valence-electron chi connectivity index (χ3n) is 5.17. The highest BCUT2D eigenvalue weighted by atomic mass is 16.5. The molecule has 0 radical (unpaired) electrons. The molecule has 0 aromatic carbocycles. The summed E-state index contributed by atoms with van der Waals surface area (Å²) >= 11 is 0. The number of aliphatic hydroxyl groups excluding tert-OH is 1. The van der Waals surface area contributed by atoms with Gasteiger partial charge in [0.25, 0.3) is 0 Å². The molecule has 29 heavy (non-hydrogen) atoms. The minimum atomic E-state index is -0.708. The van der Waals surface area contributed by atoms with E-state index in [0.717, 1.165) is 23.8 Å². The zero-order valence-corrected chi connectivity index (χ0v) is 16.1. The second-order valence-electron chi connectivity index (χ2n) is 7.16. The highest BCUT2D eigenvalue weighted by molar-refractivity contribution is 6.26. The largest absolute Gasteiger partial charge is 0.462 e. The average Bonchev–Trinajstić information content (AvgIpc) is 3.25. The number of ether oxygens (including phenoxy) is 2. The zero-order chi connectivity index (χ0) is 20.4. The normalized spacial score (nSPS) is 23.5. The molecular weight excluding hydrogens is 374 g/mol. The number of carbonyl (C=O) groups excluding carboxylic acids is 2. The third kappa shape index (κ3) is 3.88. The van der Waals surface area contributed by atoms with Crippen LogP contribution in [0.2, 0.25) is 0 Å². The average molecular weight is 397 g/mol. The van der Waals surface area contributed by atoms with Crippen molar-refractivity contribution in [1.29, 1.82) is 0 Å². The van der Waals surface area contributed by atoms with E-state index >= 15 is 0 Å². The SMILES string of the molecule is CCOC(=O)C1=C(N[C@H]2CC[C@@H](O)CC2)O/C(=C\c2c[nH]c3ncccc23)C1=O. The number of hydrogen-bond donors (Lipinski definition) is 3. The lowest BCUT2D eigenvalue weighted by Gasteiger charge is -2.27. The molecule has 1 aliphatic heterocycles. The Kier molecular flexibility index (Phi) is 5.35. The van der Waals surface area contributed by atoms with E-state index < -0.39 is 11.8 Å². The van der Waals surface area contributed by atoms with E-state index in [4.69, 9.17) is 9.47 Å². The van der Waals surface area contributed by atoms with Crippen molar-refractivity contribution in [3.05, 3.63) is 47.3 Å². The van der Waals surface area contributed by atoms with Gasteiger partial charge in [-0.15, -0.1) is 0 Å². The fourth-order valence-corrected chi connectivity index (χ4v) is 3.66. The summed E-state index contributed by atoms with van der Waals surface area (Å²) < 4.78 is 10.9. The van der Waals surface area contributed by atoms with Gasteiger partial charge >= 0.3 is 5.97 Å². The first-order valence-electron chi connectivity index (χ1n) is 9.79. The second-order valence-corrected chi connectivity index (χ2v) is 7.16. The molecule has 0 bridgehead atoms. The molecule has 3 heterocycles. The molecule has 0 unspecified atom stereocenters. The molecule has 4 rings (SSSR count). The van der Waals surface area contributed by atoms with Gasteiger partial charge in [0.15, 0.2) is 11.3 Å². The summed E-state index contributed by atoms with van der Waals surface area (Å²) in [6.07, 6.45) is 7.49. The second kappa shape index (κ2) is 8.08. The van der Waals surface area contributed by atoms with Gasteiger partial charge in [0.05, 0.1) is 12.7 Å². The lowest BCUT2D eigenvalue weighted by atomic mass is 9.93. The number of aromatic nitrogens is 2. The first-order chi connectivity index (χ1) is 14.1. The molecule has 1 saturated carbocycles. The molecular formula is C21H23N3O5. The Labute approximate surface area is 167 Å². The van der Waals surface area contributed by atoms with Gasteiger partial charge < -0.3 is 24.9 Å². The Morgan fingerprint density at radius 1 is 1.41 bits per heavy atom. The number of rotatable bonds is 5. The van der Waals surface area contributed by atoms with Crippen molar-refractivity contribution in [2.24, 2.45) is 0 Å². The number of fused-ring (bicyclic) bond motifs is 1. The quantitative estimate of drug-likeness (QED) is 0.402. The van der Waals surface area contributed by atoms with Crippen LogP contribution in [0.4, 0.5) is 0 Å². The highest BCUT2D eigenvalue weighted by Crippen LogP contribution is 2.30. The molecule has 0 saturated heterocycles. The number of esters is 1. The van der Waals surface area contributed by atoms with Gasteiger partial charge in [0.1, 0.15) is 5.65 Å². The molecule has 2 aromatic heterocycles. The van der Waals surface area contributed by atoms with Gasteiger partial charge in [-0.05, 0) is 50.8 Å². The minimum absolute atomic E-state index is 0.0160. The molecule has 0 spiro atoms. The molecule has 0 atom stereocenters. The van der Waals surface area contributed by atoms with Crippen LogP contribution in [0.15, 0.2) is 41.7 Å². The number of aliphatic hydroxyl groups is 1. The van der Waals surface area contributed by atoms with Crippen molar-refractivity contribution in [3.63, 3.8) is 0 Å². The van der Waals surface area contributed by atoms with Crippen LogP contribution in [0.25, 0.3) is 17.1 Å². The van der Waals surface area contributed by atoms with E-state index in [0.29, 0.717) is 18.5 Å². The fraction of sp³-hybridized carbons (Fsp3) is 0.381. The van der Waals surface area contributed by atoms with Crippen LogP contribution in [0.1, 0.15) is 38.2 Å². The van der Waals surface area contributed by atoms with Gasteiger partial charge in [-0.2, -0.15) is 0 Å². The maximum atomic E-state index is 12.9. The number of Topliss-reactive ketones (excluding diaryl/α,β-unsaturated/α-hetero) is 1. The fourth-order valence-electron chi connectivity index (χ4n) is 3.66. The number of pyridine rings is 1. The molecule has 3 N–H and O–H groups in total. The first kappa shape index (κ1) is 19.2. The number of aromatic amines is 1. The summed E-state index contributed by atoms with van der Waals surface area (Å²) in [5, 5.41) is 13.7. The van der Waals surface area contributed by atoms with Crippen molar-refractivity contribution in [1.82, 2.24) is 15.3 Å². The highest BCUT2D eigenvalue weighted by Gasteiger charge is 2.38. The lowest BCUT2D eigenvalue weighted by Crippen LogP contribution is -2.35. The number of allylic oxidation sites excluding steroid dienone is 1. The summed E-state index contributed by atoms with van der Waals surface area (Å²) in [6, 6.07) is 3.71. The van der Waals surface area contributed by atoms with Crippen molar-refractivity contribution in [3.8, 4) is 0 Å². The van der Waals surface area contributed by atoms with E-state index in [9.17, 15) is 14.7 Å². The molecule has 1 aliphatic carbocycles. The summed E-state index contributed by atoms with van der Waals surface area (Å²) in [6.45, 7) is 1.84. The van der Waals surface area contributed by atoms with Crippen LogP contribution in [0.3, 0.4) is 0 Å². The van der Waals surface area contributed by atoms with Crippen LogP contribution in [-0.4, -0.2) is 45.6 Å². The Bertz CT molecular complexity index is 999. The minimum Gasteiger partial charge on any atom is -0.462 e. The first-order valence-corrected chi connectivity index (χ1v) is 9.79. The lowest BCUT2D eigenvalue weighted by molar-refractivity contribution is -0.139.